The number of aromatic nitrogens is 2. The first-order chi connectivity index (χ1) is 12.2. The lowest BCUT2D eigenvalue weighted by atomic mass is 10.2. The van der Waals surface area contributed by atoms with Crippen molar-refractivity contribution in [3.05, 3.63) is 60.4 Å². The number of nitrogens with one attached hydrogen (secondary N) is 1. The molecule has 25 heavy (non-hydrogen) atoms. The molecule has 0 bridgehead atoms. The van der Waals surface area contributed by atoms with Gasteiger partial charge in [-0.25, -0.2) is 0 Å². The van der Waals surface area contributed by atoms with Gasteiger partial charge in [0.1, 0.15) is 11.9 Å². The highest BCUT2D eigenvalue weighted by atomic mass is 16.4. The number of nitrogens with zero attached hydrogens (tertiary/aromatic N) is 2. The van der Waals surface area contributed by atoms with Crippen molar-refractivity contribution in [3.8, 4) is 11.5 Å². The molecule has 3 aromatic rings. The second-order valence-corrected chi connectivity index (χ2v) is 5.56. The molecule has 0 radical (unpaired) electrons. The number of rotatable bonds is 8. The van der Waals surface area contributed by atoms with Gasteiger partial charge in [-0.3, -0.25) is 4.79 Å². The van der Waals surface area contributed by atoms with E-state index in [4.69, 9.17) is 8.83 Å². The minimum absolute atomic E-state index is 0.116. The molecule has 0 saturated carbocycles. The van der Waals surface area contributed by atoms with Gasteiger partial charge in [-0.2, -0.15) is 0 Å². The summed E-state index contributed by atoms with van der Waals surface area (Å²) in [6, 6.07) is 12.9. The summed E-state index contributed by atoms with van der Waals surface area (Å²) in [6.45, 7) is 0.116. The first-order valence-corrected chi connectivity index (χ1v) is 8.08. The van der Waals surface area contributed by atoms with Crippen molar-refractivity contribution in [1.82, 2.24) is 15.5 Å². The predicted molar refractivity (Wildman–Crippen MR) is 89.3 cm³/mol. The van der Waals surface area contributed by atoms with Crippen molar-refractivity contribution in [3.63, 3.8) is 0 Å². The molecule has 130 valence electrons. The Hall–Kier alpha value is -2.93. The number of aliphatic hydroxyl groups is 1. The molecular weight excluding hydrogens is 322 g/mol. The molecular formula is C18H19N3O4. The average Bonchev–Trinajstić information content (AvgIpc) is 3.32. The van der Waals surface area contributed by atoms with Crippen molar-refractivity contribution >= 4 is 5.91 Å². The Bertz CT molecular complexity index is 784. The van der Waals surface area contributed by atoms with Crippen LogP contribution in [0.1, 0.15) is 30.6 Å². The molecule has 0 aliphatic carbocycles. The fourth-order valence-electron chi connectivity index (χ4n) is 2.33. The van der Waals surface area contributed by atoms with E-state index in [9.17, 15) is 9.90 Å². The largest absolute Gasteiger partial charge is 0.467 e. The number of carbonyl (C=O) groups excluding carboxylic acids is 1. The van der Waals surface area contributed by atoms with Crippen LogP contribution in [0.2, 0.25) is 0 Å². The molecule has 0 saturated heterocycles. The second-order valence-electron chi connectivity index (χ2n) is 5.56. The van der Waals surface area contributed by atoms with E-state index in [1.54, 1.807) is 12.1 Å². The van der Waals surface area contributed by atoms with Crippen molar-refractivity contribution in [2.24, 2.45) is 0 Å². The molecule has 0 spiro atoms. The number of furan rings is 1. The molecule has 1 atom stereocenters. The summed E-state index contributed by atoms with van der Waals surface area (Å²) in [5, 5.41) is 20.5. The molecule has 1 unspecified atom stereocenters. The second kappa shape index (κ2) is 8.25. The van der Waals surface area contributed by atoms with Gasteiger partial charge >= 0.3 is 0 Å². The molecule has 2 heterocycles. The van der Waals surface area contributed by atoms with Crippen LogP contribution in [-0.4, -0.2) is 27.8 Å². The Morgan fingerprint density at radius 2 is 2.00 bits per heavy atom. The summed E-state index contributed by atoms with van der Waals surface area (Å²) in [5.74, 6) is 1.26. The van der Waals surface area contributed by atoms with Crippen LogP contribution >= 0.6 is 0 Å². The average molecular weight is 341 g/mol. The van der Waals surface area contributed by atoms with E-state index in [1.165, 1.54) is 6.26 Å². The molecule has 1 amide bonds. The van der Waals surface area contributed by atoms with Gasteiger partial charge in [-0.1, -0.05) is 18.2 Å². The maximum Gasteiger partial charge on any atom is 0.247 e. The van der Waals surface area contributed by atoms with Gasteiger partial charge < -0.3 is 19.3 Å². The van der Waals surface area contributed by atoms with Crippen LogP contribution in [0.15, 0.2) is 57.6 Å². The summed E-state index contributed by atoms with van der Waals surface area (Å²) < 4.78 is 10.7. The minimum atomic E-state index is -0.844. The van der Waals surface area contributed by atoms with Gasteiger partial charge in [-0.05, 0) is 30.7 Å². The lowest BCUT2D eigenvalue weighted by Crippen LogP contribution is -2.28. The van der Waals surface area contributed by atoms with Crippen LogP contribution in [0, 0.1) is 0 Å². The number of aliphatic hydroxyl groups excluding tert-OH is 1. The number of amides is 1. The van der Waals surface area contributed by atoms with Crippen molar-refractivity contribution in [2.45, 2.75) is 25.4 Å². The summed E-state index contributed by atoms with van der Waals surface area (Å²) in [6.07, 6.45) is 2.05. The van der Waals surface area contributed by atoms with Crippen molar-refractivity contribution in [2.75, 3.05) is 6.54 Å². The zero-order valence-corrected chi connectivity index (χ0v) is 13.6. The van der Waals surface area contributed by atoms with E-state index in [0.29, 0.717) is 36.8 Å². The van der Waals surface area contributed by atoms with E-state index < -0.39 is 6.10 Å². The lowest BCUT2D eigenvalue weighted by molar-refractivity contribution is -0.121. The predicted octanol–water partition coefficient (Wildman–Crippen LogP) is 2.50. The van der Waals surface area contributed by atoms with E-state index in [0.717, 1.165) is 5.56 Å². The van der Waals surface area contributed by atoms with Crippen LogP contribution in [0.5, 0.6) is 0 Å². The van der Waals surface area contributed by atoms with Gasteiger partial charge in [0.05, 0.1) is 12.8 Å². The molecule has 7 heteroatoms. The number of carbonyl (C=O) groups is 1. The normalized spacial score (nSPS) is 12.0. The quantitative estimate of drug-likeness (QED) is 0.653. The molecule has 3 rings (SSSR count). The highest BCUT2D eigenvalue weighted by Crippen LogP contribution is 2.17. The standard InChI is InChI=1S/C18H19N3O4/c22-14(15-8-5-11-24-15)12-19-16(23)9-4-10-17-20-21-18(25-17)13-6-2-1-3-7-13/h1-3,5-8,11,14,22H,4,9-10,12H2,(H,19,23). The van der Waals surface area contributed by atoms with Gasteiger partial charge in [0.15, 0.2) is 0 Å². The molecule has 0 fully saturated rings. The SMILES string of the molecule is O=C(CCCc1nnc(-c2ccccc2)o1)NCC(O)c1ccco1. The highest BCUT2D eigenvalue weighted by molar-refractivity contribution is 5.75. The highest BCUT2D eigenvalue weighted by Gasteiger charge is 2.12. The fourth-order valence-corrected chi connectivity index (χ4v) is 2.33. The van der Waals surface area contributed by atoms with Crippen molar-refractivity contribution in [1.29, 1.82) is 0 Å². The summed E-state index contributed by atoms with van der Waals surface area (Å²) in [4.78, 5) is 11.8. The lowest BCUT2D eigenvalue weighted by Gasteiger charge is -2.09. The van der Waals surface area contributed by atoms with Crippen LogP contribution in [0.4, 0.5) is 0 Å². The maximum absolute atomic E-state index is 11.8. The molecule has 7 nitrogen and oxygen atoms in total. The Balaban J connectivity index is 1.39. The van der Waals surface area contributed by atoms with E-state index >= 15 is 0 Å². The molecule has 0 aliphatic heterocycles. The third kappa shape index (κ3) is 4.77. The maximum atomic E-state index is 11.8. The first-order valence-electron chi connectivity index (χ1n) is 8.08. The van der Waals surface area contributed by atoms with Gasteiger partial charge in [0, 0.05) is 18.4 Å². The van der Waals surface area contributed by atoms with Gasteiger partial charge in [0.25, 0.3) is 0 Å². The summed E-state index contributed by atoms with van der Waals surface area (Å²) >= 11 is 0. The van der Waals surface area contributed by atoms with Gasteiger partial charge in [0.2, 0.25) is 17.7 Å². The third-order valence-corrected chi connectivity index (χ3v) is 3.65. The zero-order valence-electron chi connectivity index (χ0n) is 13.6. The van der Waals surface area contributed by atoms with Crippen LogP contribution in [-0.2, 0) is 11.2 Å². The Morgan fingerprint density at radius 1 is 1.16 bits per heavy atom. The summed E-state index contributed by atoms with van der Waals surface area (Å²) in [7, 11) is 0. The molecule has 2 aromatic heterocycles. The van der Waals surface area contributed by atoms with E-state index in [-0.39, 0.29) is 12.5 Å². The Kier molecular flexibility index (Phi) is 5.58. The number of benzene rings is 1. The number of aryl methyl sites for hydroxylation is 1. The zero-order chi connectivity index (χ0) is 17.5. The van der Waals surface area contributed by atoms with Crippen molar-refractivity contribution < 1.29 is 18.7 Å². The smallest absolute Gasteiger partial charge is 0.247 e. The number of hydrogen-bond acceptors (Lipinski definition) is 6. The minimum Gasteiger partial charge on any atom is -0.467 e. The van der Waals surface area contributed by atoms with E-state index in [2.05, 4.69) is 15.5 Å². The molecule has 2 N–H and O–H groups in total. The van der Waals surface area contributed by atoms with Crippen LogP contribution < -0.4 is 5.32 Å². The Labute approximate surface area is 144 Å². The van der Waals surface area contributed by atoms with Crippen LogP contribution in [0.3, 0.4) is 0 Å². The topological polar surface area (TPSA) is 101 Å². The van der Waals surface area contributed by atoms with Gasteiger partial charge in [-0.15, -0.1) is 10.2 Å². The third-order valence-electron chi connectivity index (χ3n) is 3.65. The van der Waals surface area contributed by atoms with E-state index in [1.807, 2.05) is 30.3 Å². The van der Waals surface area contributed by atoms with Crippen LogP contribution in [0.25, 0.3) is 11.5 Å². The fraction of sp³-hybridized carbons (Fsp3) is 0.278. The molecule has 0 aliphatic rings. The number of hydrogen-bond donors (Lipinski definition) is 2. The first kappa shape index (κ1) is 16.9. The monoisotopic (exact) mass is 341 g/mol. The molecule has 1 aromatic carbocycles. The Morgan fingerprint density at radius 3 is 2.76 bits per heavy atom. The summed E-state index contributed by atoms with van der Waals surface area (Å²) in [5.41, 5.74) is 0.867.